The van der Waals surface area contributed by atoms with Gasteiger partial charge in [-0.3, -0.25) is 0 Å². The van der Waals surface area contributed by atoms with Crippen LogP contribution in [-0.2, 0) is 11.2 Å². The summed E-state index contributed by atoms with van der Waals surface area (Å²) < 4.78 is 15.5. The standard InChI is InChI=1S/C10H10O3S/c1-11-6-5-7-3-2-4-8-9(7)13-10(14)12-8/h2-4H,5-6H2,1H3. The summed E-state index contributed by atoms with van der Waals surface area (Å²) in [7, 11) is 1.67. The van der Waals surface area contributed by atoms with Crippen LogP contribution < -0.4 is 0 Å². The summed E-state index contributed by atoms with van der Waals surface area (Å²) in [6.07, 6.45) is 0.797. The number of benzene rings is 1. The molecule has 0 spiro atoms. The molecule has 0 unspecified atom stereocenters. The summed E-state index contributed by atoms with van der Waals surface area (Å²) >= 11 is 4.82. The minimum absolute atomic E-state index is 0.171. The highest BCUT2D eigenvalue weighted by atomic mass is 32.1. The molecule has 0 aliphatic rings. The molecular formula is C10H10O3S. The molecule has 1 aromatic carbocycles. The first-order chi connectivity index (χ1) is 6.81. The third kappa shape index (κ3) is 1.71. The van der Waals surface area contributed by atoms with Crippen LogP contribution in [0.25, 0.3) is 11.2 Å². The molecule has 0 fully saturated rings. The predicted molar refractivity (Wildman–Crippen MR) is 54.9 cm³/mol. The fourth-order valence-electron chi connectivity index (χ4n) is 1.36. The van der Waals surface area contributed by atoms with Crippen LogP contribution in [0.4, 0.5) is 0 Å². The van der Waals surface area contributed by atoms with Crippen LogP contribution in [0.15, 0.2) is 27.0 Å². The number of ether oxygens (including phenoxy) is 1. The van der Waals surface area contributed by atoms with E-state index in [1.165, 1.54) is 0 Å². The average Bonchev–Trinajstić information content (AvgIpc) is 2.55. The lowest BCUT2D eigenvalue weighted by molar-refractivity contribution is 0.202. The molecule has 0 radical (unpaired) electrons. The molecule has 0 atom stereocenters. The first-order valence-electron chi connectivity index (χ1n) is 4.32. The van der Waals surface area contributed by atoms with Crippen molar-refractivity contribution in [2.24, 2.45) is 0 Å². The van der Waals surface area contributed by atoms with Crippen molar-refractivity contribution in [2.45, 2.75) is 6.42 Å². The van der Waals surface area contributed by atoms with Gasteiger partial charge in [0.2, 0.25) is 0 Å². The maximum atomic E-state index is 5.29. The Hall–Kier alpha value is -1.13. The number of para-hydroxylation sites is 1. The highest BCUT2D eigenvalue weighted by Crippen LogP contribution is 2.21. The zero-order valence-electron chi connectivity index (χ0n) is 7.78. The molecule has 2 rings (SSSR count). The van der Waals surface area contributed by atoms with E-state index in [-0.39, 0.29) is 4.90 Å². The maximum Gasteiger partial charge on any atom is 0.363 e. The summed E-state index contributed by atoms with van der Waals surface area (Å²) in [6.45, 7) is 0.659. The largest absolute Gasteiger partial charge is 0.413 e. The predicted octanol–water partition coefficient (Wildman–Crippen LogP) is 2.94. The molecule has 4 heteroatoms. The highest BCUT2D eigenvalue weighted by Gasteiger charge is 2.06. The zero-order valence-corrected chi connectivity index (χ0v) is 8.60. The van der Waals surface area contributed by atoms with Crippen molar-refractivity contribution in [1.82, 2.24) is 0 Å². The highest BCUT2D eigenvalue weighted by molar-refractivity contribution is 7.71. The van der Waals surface area contributed by atoms with Crippen molar-refractivity contribution in [2.75, 3.05) is 13.7 Å². The van der Waals surface area contributed by atoms with Gasteiger partial charge in [0.25, 0.3) is 0 Å². The van der Waals surface area contributed by atoms with Crippen molar-refractivity contribution in [3.05, 3.63) is 28.7 Å². The fraction of sp³-hybridized carbons (Fsp3) is 0.300. The van der Waals surface area contributed by atoms with E-state index in [1.807, 2.05) is 18.2 Å². The van der Waals surface area contributed by atoms with Crippen LogP contribution in [0, 0.1) is 4.90 Å². The fourth-order valence-corrected chi connectivity index (χ4v) is 1.53. The zero-order chi connectivity index (χ0) is 9.97. The van der Waals surface area contributed by atoms with E-state index in [9.17, 15) is 0 Å². The molecule has 0 bridgehead atoms. The van der Waals surface area contributed by atoms with E-state index >= 15 is 0 Å². The lowest BCUT2D eigenvalue weighted by Crippen LogP contribution is -1.94. The van der Waals surface area contributed by atoms with Crippen LogP contribution >= 0.6 is 12.2 Å². The van der Waals surface area contributed by atoms with Crippen molar-refractivity contribution in [3.8, 4) is 0 Å². The molecule has 14 heavy (non-hydrogen) atoms. The molecule has 1 heterocycles. The van der Waals surface area contributed by atoms with Gasteiger partial charge in [-0.1, -0.05) is 12.1 Å². The second-order valence-corrected chi connectivity index (χ2v) is 3.27. The first-order valence-corrected chi connectivity index (χ1v) is 4.72. The molecule has 0 saturated carbocycles. The summed E-state index contributed by atoms with van der Waals surface area (Å²) in [5.74, 6) is 0. The minimum atomic E-state index is 0.171. The third-order valence-electron chi connectivity index (χ3n) is 2.01. The molecule has 74 valence electrons. The van der Waals surface area contributed by atoms with Crippen LogP contribution in [0.3, 0.4) is 0 Å². The van der Waals surface area contributed by atoms with Gasteiger partial charge in [0.1, 0.15) is 0 Å². The Bertz CT molecular complexity index is 483. The Balaban J connectivity index is 2.47. The van der Waals surface area contributed by atoms with Crippen molar-refractivity contribution < 1.29 is 13.6 Å². The van der Waals surface area contributed by atoms with Gasteiger partial charge in [-0.15, -0.1) is 0 Å². The molecule has 0 N–H and O–H groups in total. The van der Waals surface area contributed by atoms with Gasteiger partial charge in [0.15, 0.2) is 11.2 Å². The van der Waals surface area contributed by atoms with Gasteiger partial charge >= 0.3 is 4.90 Å². The number of hydrogen-bond donors (Lipinski definition) is 0. The van der Waals surface area contributed by atoms with Gasteiger partial charge < -0.3 is 13.6 Å². The summed E-state index contributed by atoms with van der Waals surface area (Å²) in [4.78, 5) is 0.171. The maximum absolute atomic E-state index is 5.29. The summed E-state index contributed by atoms with van der Waals surface area (Å²) in [5, 5.41) is 0. The number of hydrogen-bond acceptors (Lipinski definition) is 4. The SMILES string of the molecule is COCCc1cccc2oc(=S)oc12. The quantitative estimate of drug-likeness (QED) is 0.730. The Morgan fingerprint density at radius 2 is 2.21 bits per heavy atom. The second-order valence-electron chi connectivity index (χ2n) is 2.94. The molecule has 0 amide bonds. The first kappa shape index (κ1) is 9.43. The van der Waals surface area contributed by atoms with Crippen LogP contribution in [0.5, 0.6) is 0 Å². The third-order valence-corrected chi connectivity index (χ3v) is 2.18. The molecule has 3 nitrogen and oxygen atoms in total. The minimum Gasteiger partial charge on any atom is -0.413 e. The smallest absolute Gasteiger partial charge is 0.363 e. The van der Waals surface area contributed by atoms with Crippen molar-refractivity contribution >= 4 is 23.4 Å². The van der Waals surface area contributed by atoms with E-state index in [0.717, 1.165) is 17.6 Å². The molecule has 1 aromatic heterocycles. The Kier molecular flexibility index (Phi) is 2.65. The van der Waals surface area contributed by atoms with E-state index < -0.39 is 0 Å². The van der Waals surface area contributed by atoms with Gasteiger partial charge in [0.05, 0.1) is 6.61 Å². The van der Waals surface area contributed by atoms with E-state index in [0.29, 0.717) is 12.2 Å². The summed E-state index contributed by atoms with van der Waals surface area (Å²) in [5.41, 5.74) is 2.49. The summed E-state index contributed by atoms with van der Waals surface area (Å²) in [6, 6.07) is 5.74. The lowest BCUT2D eigenvalue weighted by atomic mass is 10.1. The molecular weight excluding hydrogens is 200 g/mol. The van der Waals surface area contributed by atoms with Crippen molar-refractivity contribution in [3.63, 3.8) is 0 Å². The molecule has 0 aliphatic heterocycles. The van der Waals surface area contributed by atoms with Gasteiger partial charge in [-0.25, -0.2) is 0 Å². The van der Waals surface area contributed by atoms with Gasteiger partial charge in [-0.2, -0.15) is 0 Å². The lowest BCUT2D eigenvalue weighted by Gasteiger charge is -1.98. The van der Waals surface area contributed by atoms with Crippen LogP contribution in [0.1, 0.15) is 5.56 Å². The number of rotatable bonds is 3. The topological polar surface area (TPSA) is 35.5 Å². The average molecular weight is 210 g/mol. The molecule has 2 aromatic rings. The van der Waals surface area contributed by atoms with E-state index in [4.69, 9.17) is 25.8 Å². The Morgan fingerprint density at radius 3 is 3.00 bits per heavy atom. The Labute approximate surface area is 86.3 Å². The van der Waals surface area contributed by atoms with E-state index in [1.54, 1.807) is 7.11 Å². The molecule has 0 aliphatic carbocycles. The number of fused-ring (bicyclic) bond motifs is 1. The van der Waals surface area contributed by atoms with Gasteiger partial charge in [-0.05, 0) is 12.5 Å². The van der Waals surface area contributed by atoms with Crippen LogP contribution in [-0.4, -0.2) is 13.7 Å². The van der Waals surface area contributed by atoms with Gasteiger partial charge in [0, 0.05) is 24.9 Å². The normalized spacial score (nSPS) is 10.9. The van der Waals surface area contributed by atoms with E-state index in [2.05, 4.69) is 0 Å². The number of methoxy groups -OCH3 is 1. The van der Waals surface area contributed by atoms with Crippen molar-refractivity contribution in [1.29, 1.82) is 0 Å². The second kappa shape index (κ2) is 3.94. The Morgan fingerprint density at radius 1 is 1.36 bits per heavy atom. The molecule has 0 saturated heterocycles. The van der Waals surface area contributed by atoms with Crippen LogP contribution in [0.2, 0.25) is 0 Å². The monoisotopic (exact) mass is 210 g/mol.